The van der Waals surface area contributed by atoms with E-state index in [1.807, 2.05) is 0 Å². The highest BCUT2D eigenvalue weighted by atomic mass is 35.5. The summed E-state index contributed by atoms with van der Waals surface area (Å²) in [6, 6.07) is 12.0. The van der Waals surface area contributed by atoms with Gasteiger partial charge in [-0.2, -0.15) is 0 Å². The molecular weight excluding hydrogens is 408 g/mol. The van der Waals surface area contributed by atoms with Gasteiger partial charge in [-0.3, -0.25) is 9.59 Å². The van der Waals surface area contributed by atoms with E-state index in [9.17, 15) is 9.59 Å². The molecule has 1 N–H and O–H groups in total. The molecule has 8 heteroatoms. The lowest BCUT2D eigenvalue weighted by atomic mass is 10.0. The van der Waals surface area contributed by atoms with Crippen LogP contribution in [0.2, 0.25) is 5.02 Å². The summed E-state index contributed by atoms with van der Waals surface area (Å²) in [6.45, 7) is 1.07. The Morgan fingerprint density at radius 1 is 1.03 bits per heavy atom. The summed E-state index contributed by atoms with van der Waals surface area (Å²) in [5.74, 6) is 1.44. The van der Waals surface area contributed by atoms with Gasteiger partial charge in [-0.15, -0.1) is 0 Å². The first kappa shape index (κ1) is 21.8. The zero-order valence-electron chi connectivity index (χ0n) is 17.0. The fourth-order valence-electron chi connectivity index (χ4n) is 3.33. The highest BCUT2D eigenvalue weighted by Gasteiger charge is 2.25. The number of nitrogens with one attached hydrogen (secondary N) is 1. The molecule has 0 saturated carbocycles. The third-order valence-corrected chi connectivity index (χ3v) is 5.21. The average molecular weight is 433 g/mol. The van der Waals surface area contributed by atoms with E-state index < -0.39 is 0 Å². The second-order valence-electron chi connectivity index (χ2n) is 6.95. The van der Waals surface area contributed by atoms with Crippen LogP contribution in [0, 0.1) is 0 Å². The molecule has 0 aliphatic carbocycles. The molecular formula is C22H25ClN2O5. The number of benzene rings is 2. The summed E-state index contributed by atoms with van der Waals surface area (Å²) in [6.07, 6.45) is 1.37. The fraction of sp³-hybridized carbons (Fsp3) is 0.364. The van der Waals surface area contributed by atoms with Crippen molar-refractivity contribution in [3.05, 3.63) is 53.1 Å². The number of rotatable bonds is 7. The van der Waals surface area contributed by atoms with E-state index in [0.29, 0.717) is 53.8 Å². The first-order valence-electron chi connectivity index (χ1n) is 9.69. The molecule has 160 valence electrons. The summed E-state index contributed by atoms with van der Waals surface area (Å²) >= 11 is 5.83. The number of nitrogens with zero attached hydrogens (tertiary/aromatic N) is 1. The van der Waals surface area contributed by atoms with Crippen molar-refractivity contribution in [1.82, 2.24) is 10.2 Å². The smallest absolute Gasteiger partial charge is 0.258 e. The zero-order chi connectivity index (χ0) is 21.5. The molecule has 1 aliphatic rings. The fourth-order valence-corrected chi connectivity index (χ4v) is 3.45. The van der Waals surface area contributed by atoms with Crippen LogP contribution >= 0.6 is 11.6 Å². The number of amides is 2. The van der Waals surface area contributed by atoms with Crippen LogP contribution in [0.25, 0.3) is 0 Å². The number of hydrogen-bond acceptors (Lipinski definition) is 5. The quantitative estimate of drug-likeness (QED) is 0.727. The van der Waals surface area contributed by atoms with Gasteiger partial charge in [-0.1, -0.05) is 11.6 Å². The summed E-state index contributed by atoms with van der Waals surface area (Å²) in [7, 11) is 3.09. The van der Waals surface area contributed by atoms with E-state index in [-0.39, 0.29) is 24.5 Å². The molecule has 30 heavy (non-hydrogen) atoms. The van der Waals surface area contributed by atoms with E-state index in [0.717, 1.165) is 0 Å². The molecule has 0 radical (unpaired) electrons. The maximum Gasteiger partial charge on any atom is 0.258 e. The van der Waals surface area contributed by atoms with Crippen molar-refractivity contribution < 1.29 is 23.8 Å². The Morgan fingerprint density at radius 3 is 2.33 bits per heavy atom. The van der Waals surface area contributed by atoms with Crippen LogP contribution in [-0.4, -0.2) is 56.7 Å². The normalized spacial score (nSPS) is 14.2. The van der Waals surface area contributed by atoms with Gasteiger partial charge in [-0.05, 0) is 55.3 Å². The van der Waals surface area contributed by atoms with Crippen molar-refractivity contribution in [1.29, 1.82) is 0 Å². The lowest BCUT2D eigenvalue weighted by Crippen LogP contribution is -2.47. The highest BCUT2D eigenvalue weighted by Crippen LogP contribution is 2.28. The predicted molar refractivity (Wildman–Crippen MR) is 114 cm³/mol. The Bertz CT molecular complexity index is 880. The zero-order valence-corrected chi connectivity index (χ0v) is 17.8. The average Bonchev–Trinajstić information content (AvgIpc) is 2.78. The van der Waals surface area contributed by atoms with E-state index >= 15 is 0 Å². The number of carbonyl (C=O) groups is 2. The van der Waals surface area contributed by atoms with Crippen molar-refractivity contribution in [2.75, 3.05) is 33.9 Å². The summed E-state index contributed by atoms with van der Waals surface area (Å²) in [5, 5.41) is 3.58. The summed E-state index contributed by atoms with van der Waals surface area (Å²) in [4.78, 5) is 26.7. The van der Waals surface area contributed by atoms with Gasteiger partial charge in [0.1, 0.15) is 5.75 Å². The van der Waals surface area contributed by atoms with Crippen LogP contribution in [0.5, 0.6) is 17.2 Å². The number of carbonyl (C=O) groups excluding carboxylic acids is 2. The first-order valence-corrected chi connectivity index (χ1v) is 10.1. The Kier molecular flexibility index (Phi) is 7.41. The van der Waals surface area contributed by atoms with Crippen LogP contribution in [-0.2, 0) is 4.79 Å². The molecule has 1 aliphatic heterocycles. The number of methoxy groups -OCH3 is 2. The van der Waals surface area contributed by atoms with E-state index in [1.165, 1.54) is 7.11 Å². The van der Waals surface area contributed by atoms with Crippen molar-refractivity contribution in [3.8, 4) is 17.2 Å². The minimum Gasteiger partial charge on any atom is -0.493 e. The number of hydrogen-bond donors (Lipinski definition) is 1. The van der Waals surface area contributed by atoms with Crippen LogP contribution in [0.4, 0.5) is 0 Å². The minimum atomic E-state index is -0.186. The second-order valence-corrected chi connectivity index (χ2v) is 7.38. The maximum atomic E-state index is 12.8. The van der Waals surface area contributed by atoms with Crippen LogP contribution in [0.15, 0.2) is 42.5 Å². The molecule has 1 fully saturated rings. The largest absolute Gasteiger partial charge is 0.493 e. The van der Waals surface area contributed by atoms with Gasteiger partial charge >= 0.3 is 0 Å². The molecule has 0 aromatic heterocycles. The molecule has 0 spiro atoms. The van der Waals surface area contributed by atoms with Crippen molar-refractivity contribution in [2.45, 2.75) is 18.9 Å². The van der Waals surface area contributed by atoms with Gasteiger partial charge in [0, 0.05) is 29.7 Å². The predicted octanol–water partition coefficient (Wildman–Crippen LogP) is 3.16. The Morgan fingerprint density at radius 2 is 1.70 bits per heavy atom. The lowest BCUT2D eigenvalue weighted by Gasteiger charge is -2.32. The van der Waals surface area contributed by atoms with Gasteiger partial charge < -0.3 is 24.4 Å². The second kappa shape index (κ2) is 10.2. The maximum absolute atomic E-state index is 12.8. The van der Waals surface area contributed by atoms with Crippen LogP contribution in [0.3, 0.4) is 0 Å². The standard InChI is InChI=1S/C22H25ClN2O5/c1-28-19-8-3-15(13-20(19)29-2)22(27)25-11-9-17(10-12-25)24-21(26)14-30-18-6-4-16(23)5-7-18/h3-8,13,17H,9-12,14H2,1-2H3,(H,24,26). The molecule has 7 nitrogen and oxygen atoms in total. The van der Waals surface area contributed by atoms with Crippen molar-refractivity contribution >= 4 is 23.4 Å². The number of ether oxygens (including phenoxy) is 3. The van der Waals surface area contributed by atoms with Gasteiger partial charge in [0.05, 0.1) is 14.2 Å². The van der Waals surface area contributed by atoms with E-state index in [4.69, 9.17) is 25.8 Å². The SMILES string of the molecule is COc1ccc(C(=O)N2CCC(NC(=O)COc3ccc(Cl)cc3)CC2)cc1OC. The van der Waals surface area contributed by atoms with E-state index in [1.54, 1.807) is 54.5 Å². The van der Waals surface area contributed by atoms with Gasteiger partial charge in [0.25, 0.3) is 11.8 Å². The molecule has 0 unspecified atom stereocenters. The third kappa shape index (κ3) is 5.57. The molecule has 2 amide bonds. The number of piperidine rings is 1. The number of halogens is 1. The number of likely N-dealkylation sites (tertiary alicyclic amines) is 1. The molecule has 2 aromatic carbocycles. The van der Waals surface area contributed by atoms with Crippen molar-refractivity contribution in [2.24, 2.45) is 0 Å². The monoisotopic (exact) mass is 432 g/mol. The highest BCUT2D eigenvalue weighted by molar-refractivity contribution is 6.30. The van der Waals surface area contributed by atoms with Gasteiger partial charge in [0.2, 0.25) is 0 Å². The molecule has 3 rings (SSSR count). The molecule has 0 bridgehead atoms. The molecule has 2 aromatic rings. The van der Waals surface area contributed by atoms with Gasteiger partial charge in [-0.25, -0.2) is 0 Å². The van der Waals surface area contributed by atoms with Crippen LogP contribution in [0.1, 0.15) is 23.2 Å². The Labute approximate surface area is 180 Å². The first-order chi connectivity index (χ1) is 14.5. The molecule has 1 saturated heterocycles. The summed E-state index contributed by atoms with van der Waals surface area (Å²) in [5.41, 5.74) is 0.548. The Balaban J connectivity index is 1.46. The minimum absolute atomic E-state index is 0.0146. The lowest BCUT2D eigenvalue weighted by molar-refractivity contribution is -0.124. The Hall–Kier alpha value is -2.93. The van der Waals surface area contributed by atoms with E-state index in [2.05, 4.69) is 5.32 Å². The molecule has 0 atom stereocenters. The van der Waals surface area contributed by atoms with Gasteiger partial charge in [0.15, 0.2) is 18.1 Å². The topological polar surface area (TPSA) is 77.1 Å². The summed E-state index contributed by atoms with van der Waals surface area (Å²) < 4.78 is 16.0. The van der Waals surface area contributed by atoms with Crippen molar-refractivity contribution in [3.63, 3.8) is 0 Å². The third-order valence-electron chi connectivity index (χ3n) is 4.96. The molecule has 1 heterocycles. The van der Waals surface area contributed by atoms with Crippen LogP contribution < -0.4 is 19.5 Å².